The summed E-state index contributed by atoms with van der Waals surface area (Å²) in [7, 11) is -3.94. The van der Waals surface area contributed by atoms with Crippen LogP contribution >= 0.6 is 0 Å². The van der Waals surface area contributed by atoms with E-state index in [1.54, 1.807) is 6.92 Å². The van der Waals surface area contributed by atoms with E-state index >= 15 is 0 Å². The quantitative estimate of drug-likeness (QED) is 0.785. The Kier molecular flexibility index (Phi) is 5.04. The first-order valence-electron chi connectivity index (χ1n) is 8.01. The molecule has 0 amide bonds. The van der Waals surface area contributed by atoms with Crippen molar-refractivity contribution in [2.75, 3.05) is 13.1 Å². The van der Waals surface area contributed by atoms with E-state index in [9.17, 15) is 26.4 Å². The molecule has 2 aromatic rings. The molecule has 0 spiro atoms. The molecule has 146 valence electrons. The van der Waals surface area contributed by atoms with Crippen LogP contribution in [-0.4, -0.2) is 31.9 Å². The van der Waals surface area contributed by atoms with E-state index in [0.717, 1.165) is 28.6 Å². The summed E-state index contributed by atoms with van der Waals surface area (Å²) in [4.78, 5) is 11.1. The number of benzene rings is 1. The number of hydrogen-bond acceptors (Lipinski definition) is 5. The topological polar surface area (TPSA) is 76.8 Å². The summed E-state index contributed by atoms with van der Waals surface area (Å²) in [5, 5.41) is 0. The van der Waals surface area contributed by atoms with Gasteiger partial charge in [0.05, 0.1) is 23.1 Å². The lowest BCUT2D eigenvalue weighted by molar-refractivity contribution is -0.137. The fraction of sp³-hybridized carbons (Fsp3) is 0.353. The molecular formula is C17H16F3NO5S. The monoisotopic (exact) mass is 403 g/mol. The number of ether oxygens (including phenoxy) is 1. The van der Waals surface area contributed by atoms with Crippen molar-refractivity contribution < 1.29 is 30.7 Å². The maximum Gasteiger partial charge on any atom is 0.416 e. The Morgan fingerprint density at radius 1 is 1.19 bits per heavy atom. The van der Waals surface area contributed by atoms with Gasteiger partial charge in [-0.1, -0.05) is 0 Å². The molecule has 1 saturated heterocycles. The van der Waals surface area contributed by atoms with Gasteiger partial charge < -0.3 is 9.15 Å². The van der Waals surface area contributed by atoms with Gasteiger partial charge in [-0.2, -0.15) is 17.5 Å². The van der Waals surface area contributed by atoms with Crippen molar-refractivity contribution in [3.05, 3.63) is 58.1 Å². The smallest absolute Gasteiger partial charge is 0.416 e. The van der Waals surface area contributed by atoms with Crippen LogP contribution in [0.2, 0.25) is 0 Å². The minimum Gasteiger partial charge on any atom is -0.489 e. The van der Waals surface area contributed by atoms with Gasteiger partial charge in [0, 0.05) is 12.6 Å². The summed E-state index contributed by atoms with van der Waals surface area (Å²) >= 11 is 0. The third-order valence-corrected chi connectivity index (χ3v) is 5.98. The summed E-state index contributed by atoms with van der Waals surface area (Å²) in [6.07, 6.45) is -4.62. The van der Waals surface area contributed by atoms with Crippen LogP contribution in [0.15, 0.2) is 50.5 Å². The fourth-order valence-corrected chi connectivity index (χ4v) is 4.30. The molecular weight excluding hydrogens is 387 g/mol. The maximum absolute atomic E-state index is 12.6. The Labute approximate surface area is 153 Å². The summed E-state index contributed by atoms with van der Waals surface area (Å²) in [6, 6.07) is 6.05. The maximum atomic E-state index is 12.6. The lowest BCUT2D eigenvalue weighted by Crippen LogP contribution is -2.31. The van der Waals surface area contributed by atoms with E-state index in [0.29, 0.717) is 12.2 Å². The zero-order valence-electron chi connectivity index (χ0n) is 14.2. The lowest BCUT2D eigenvalue weighted by Gasteiger charge is -2.17. The largest absolute Gasteiger partial charge is 0.489 e. The van der Waals surface area contributed by atoms with E-state index < -0.39 is 33.5 Å². The molecule has 0 bridgehead atoms. The van der Waals surface area contributed by atoms with Crippen LogP contribution in [0.1, 0.15) is 17.7 Å². The van der Waals surface area contributed by atoms with Gasteiger partial charge in [0.1, 0.15) is 17.6 Å². The van der Waals surface area contributed by atoms with Gasteiger partial charge in [-0.25, -0.2) is 13.2 Å². The number of aryl methyl sites for hydroxylation is 1. The highest BCUT2D eigenvalue weighted by Crippen LogP contribution is 2.31. The molecule has 0 aliphatic carbocycles. The van der Waals surface area contributed by atoms with Crippen molar-refractivity contribution in [3.8, 4) is 5.75 Å². The number of alkyl halides is 3. The molecule has 0 radical (unpaired) electrons. The molecule has 1 aliphatic heterocycles. The molecule has 3 rings (SSSR count). The number of hydrogen-bond donors (Lipinski definition) is 0. The second-order valence-electron chi connectivity index (χ2n) is 6.14. The molecule has 27 heavy (non-hydrogen) atoms. The average molecular weight is 403 g/mol. The summed E-state index contributed by atoms with van der Waals surface area (Å²) in [6.45, 7) is 1.78. The molecule has 10 heteroatoms. The molecule has 1 aromatic heterocycles. The Morgan fingerprint density at radius 3 is 2.44 bits per heavy atom. The lowest BCUT2D eigenvalue weighted by atomic mass is 10.2. The standard InChI is InChI=1S/C17H16F3NO5S/c1-11-8-14(9-16(22)25-11)26-13-6-7-21(10-13)27(23,24)15-4-2-12(3-5-15)17(18,19)20/h2-5,8-9,13H,6-7,10H2,1H3. The molecule has 0 saturated carbocycles. The third-order valence-electron chi connectivity index (χ3n) is 4.10. The highest BCUT2D eigenvalue weighted by atomic mass is 32.2. The third kappa shape index (κ3) is 4.33. The van der Waals surface area contributed by atoms with Crippen LogP contribution in [-0.2, 0) is 16.2 Å². The van der Waals surface area contributed by atoms with Gasteiger partial charge in [-0.15, -0.1) is 0 Å². The Hall–Kier alpha value is -2.33. The van der Waals surface area contributed by atoms with Gasteiger partial charge in [-0.3, -0.25) is 0 Å². The first kappa shape index (κ1) is 19.4. The Bertz CT molecular complexity index is 983. The van der Waals surface area contributed by atoms with Gasteiger partial charge >= 0.3 is 11.8 Å². The van der Waals surface area contributed by atoms with Crippen LogP contribution in [0.5, 0.6) is 5.75 Å². The van der Waals surface area contributed by atoms with Crippen molar-refractivity contribution in [1.82, 2.24) is 4.31 Å². The number of nitrogens with zero attached hydrogens (tertiary/aromatic N) is 1. The van der Waals surface area contributed by atoms with Gasteiger partial charge in [0.15, 0.2) is 0 Å². The number of rotatable bonds is 4. The van der Waals surface area contributed by atoms with Crippen LogP contribution in [0.3, 0.4) is 0 Å². The van der Waals surface area contributed by atoms with Gasteiger partial charge in [0.2, 0.25) is 10.0 Å². The van der Waals surface area contributed by atoms with Gasteiger partial charge in [-0.05, 0) is 37.6 Å². The van der Waals surface area contributed by atoms with Crippen LogP contribution in [0.25, 0.3) is 0 Å². The zero-order chi connectivity index (χ0) is 19.8. The molecule has 1 aliphatic rings. The van der Waals surface area contributed by atoms with Gasteiger partial charge in [0.25, 0.3) is 0 Å². The van der Waals surface area contributed by atoms with Crippen molar-refractivity contribution in [2.45, 2.75) is 30.5 Å². The highest BCUT2D eigenvalue weighted by Gasteiger charge is 2.35. The molecule has 0 N–H and O–H groups in total. The summed E-state index contributed by atoms with van der Waals surface area (Å²) in [5.41, 5.74) is -1.49. The zero-order valence-corrected chi connectivity index (χ0v) is 15.0. The Balaban J connectivity index is 1.72. The number of halogens is 3. The fourth-order valence-electron chi connectivity index (χ4n) is 2.81. The minimum absolute atomic E-state index is 0.0304. The molecule has 1 unspecified atom stereocenters. The summed E-state index contributed by atoms with van der Waals surface area (Å²) < 4.78 is 74.8. The van der Waals surface area contributed by atoms with Crippen LogP contribution in [0.4, 0.5) is 13.2 Å². The van der Waals surface area contributed by atoms with Crippen molar-refractivity contribution in [2.24, 2.45) is 0 Å². The molecule has 1 fully saturated rings. The molecule has 1 aromatic carbocycles. The first-order valence-corrected chi connectivity index (χ1v) is 9.45. The van der Waals surface area contributed by atoms with Crippen molar-refractivity contribution in [3.63, 3.8) is 0 Å². The van der Waals surface area contributed by atoms with Crippen molar-refractivity contribution in [1.29, 1.82) is 0 Å². The van der Waals surface area contributed by atoms with E-state index in [4.69, 9.17) is 9.15 Å². The van der Waals surface area contributed by atoms with E-state index in [1.807, 2.05) is 0 Å². The predicted octanol–water partition coefficient (Wildman–Crippen LogP) is 2.81. The van der Waals surface area contributed by atoms with Crippen LogP contribution < -0.4 is 10.4 Å². The second-order valence-corrected chi connectivity index (χ2v) is 8.07. The molecule has 1 atom stereocenters. The van der Waals surface area contributed by atoms with Crippen LogP contribution in [0, 0.1) is 6.92 Å². The van der Waals surface area contributed by atoms with E-state index in [-0.39, 0.29) is 23.7 Å². The molecule has 2 heterocycles. The number of sulfonamides is 1. The molecule has 6 nitrogen and oxygen atoms in total. The van der Waals surface area contributed by atoms with Crippen molar-refractivity contribution >= 4 is 10.0 Å². The van der Waals surface area contributed by atoms with E-state index in [1.165, 1.54) is 12.1 Å². The average Bonchev–Trinajstić information content (AvgIpc) is 3.02. The highest BCUT2D eigenvalue weighted by molar-refractivity contribution is 7.89. The first-order chi connectivity index (χ1) is 12.6. The Morgan fingerprint density at radius 2 is 1.85 bits per heavy atom. The SMILES string of the molecule is Cc1cc(OC2CCN(S(=O)(=O)c3ccc(C(F)(F)F)cc3)C2)cc(=O)o1. The van der Waals surface area contributed by atoms with E-state index in [2.05, 4.69) is 0 Å². The normalized spacial score (nSPS) is 18.6. The minimum atomic E-state index is -4.53. The summed E-state index contributed by atoms with van der Waals surface area (Å²) in [5.74, 6) is 0.646. The second kappa shape index (κ2) is 7.01. The predicted molar refractivity (Wildman–Crippen MR) is 89.0 cm³/mol.